The summed E-state index contributed by atoms with van der Waals surface area (Å²) in [5, 5.41) is 8.32. The van der Waals surface area contributed by atoms with E-state index in [-0.39, 0.29) is 5.91 Å². The summed E-state index contributed by atoms with van der Waals surface area (Å²) in [6, 6.07) is 7.89. The lowest BCUT2D eigenvalue weighted by Crippen LogP contribution is -2.34. The van der Waals surface area contributed by atoms with Gasteiger partial charge in [-0.2, -0.15) is 0 Å². The van der Waals surface area contributed by atoms with Crippen molar-refractivity contribution in [2.75, 3.05) is 26.7 Å². The second-order valence-electron chi connectivity index (χ2n) is 8.15. The molecule has 1 saturated carbocycles. The van der Waals surface area contributed by atoms with E-state index in [9.17, 15) is 4.79 Å². The molecule has 6 nitrogen and oxygen atoms in total. The van der Waals surface area contributed by atoms with Gasteiger partial charge < -0.3 is 9.47 Å². The first-order chi connectivity index (χ1) is 13.1. The maximum absolute atomic E-state index is 12.8. The molecule has 144 valence electrons. The fourth-order valence-electron chi connectivity index (χ4n) is 4.56. The van der Waals surface area contributed by atoms with Crippen LogP contribution in [0.1, 0.15) is 35.1 Å². The van der Waals surface area contributed by atoms with Gasteiger partial charge in [0.15, 0.2) is 0 Å². The fraction of sp³-hybridized carbons (Fsp3) is 0.571. The van der Waals surface area contributed by atoms with Crippen LogP contribution in [-0.4, -0.2) is 57.2 Å². The molecular weight excluding hydrogens is 338 g/mol. The Morgan fingerprint density at radius 2 is 2.00 bits per heavy atom. The number of carbonyl (C=O) groups is 1. The summed E-state index contributed by atoms with van der Waals surface area (Å²) < 4.78 is 2.15. The molecule has 0 spiro atoms. The number of aromatic nitrogens is 3. The Kier molecular flexibility index (Phi) is 5.00. The minimum absolute atomic E-state index is 0.195. The van der Waals surface area contributed by atoms with Crippen LogP contribution in [0.3, 0.4) is 0 Å². The van der Waals surface area contributed by atoms with Crippen LogP contribution in [0.2, 0.25) is 0 Å². The van der Waals surface area contributed by atoms with Crippen molar-refractivity contribution >= 4 is 5.91 Å². The molecule has 2 atom stereocenters. The third kappa shape index (κ3) is 3.63. The van der Waals surface area contributed by atoms with Crippen molar-refractivity contribution in [3.63, 3.8) is 0 Å². The number of fused-ring (bicyclic) bond motifs is 1. The molecular formula is C21H29N5O. The Morgan fingerprint density at radius 3 is 2.70 bits per heavy atom. The molecule has 2 unspecified atom stereocenters. The van der Waals surface area contributed by atoms with Crippen molar-refractivity contribution in [1.82, 2.24) is 24.6 Å². The zero-order valence-electron chi connectivity index (χ0n) is 16.5. The highest BCUT2D eigenvalue weighted by molar-refractivity contribution is 5.95. The number of piperidine rings is 1. The van der Waals surface area contributed by atoms with Gasteiger partial charge in [0, 0.05) is 31.7 Å². The van der Waals surface area contributed by atoms with Gasteiger partial charge in [0.2, 0.25) is 0 Å². The van der Waals surface area contributed by atoms with Gasteiger partial charge in [-0.1, -0.05) is 25.1 Å². The van der Waals surface area contributed by atoms with Crippen LogP contribution in [0.5, 0.6) is 0 Å². The Bertz CT molecular complexity index is 804. The van der Waals surface area contributed by atoms with E-state index >= 15 is 0 Å². The van der Waals surface area contributed by atoms with Gasteiger partial charge in [-0.25, -0.2) is 0 Å². The summed E-state index contributed by atoms with van der Waals surface area (Å²) >= 11 is 0. The SMILES string of the molecule is CCCn1cnnc1CN(C)CC1C2CN(C(=O)c3ccccc3C)CC12. The van der Waals surface area contributed by atoms with E-state index in [2.05, 4.69) is 33.6 Å². The molecule has 2 aromatic rings. The van der Waals surface area contributed by atoms with E-state index in [1.165, 1.54) is 0 Å². The first kappa shape index (κ1) is 18.2. The third-order valence-corrected chi connectivity index (χ3v) is 6.13. The first-order valence-corrected chi connectivity index (χ1v) is 9.98. The summed E-state index contributed by atoms with van der Waals surface area (Å²) in [7, 11) is 2.16. The lowest BCUT2D eigenvalue weighted by molar-refractivity contribution is 0.0763. The number of amides is 1. The Balaban J connectivity index is 1.28. The Hall–Kier alpha value is -2.21. The molecule has 0 radical (unpaired) electrons. The van der Waals surface area contributed by atoms with Gasteiger partial charge in [0.1, 0.15) is 12.2 Å². The van der Waals surface area contributed by atoms with E-state index in [0.29, 0.717) is 17.8 Å². The van der Waals surface area contributed by atoms with Crippen LogP contribution >= 0.6 is 0 Å². The molecule has 4 rings (SSSR count). The van der Waals surface area contributed by atoms with E-state index in [1.807, 2.05) is 42.4 Å². The molecule has 1 saturated heterocycles. The first-order valence-electron chi connectivity index (χ1n) is 9.98. The number of carbonyl (C=O) groups excluding carboxylic acids is 1. The van der Waals surface area contributed by atoms with Crippen molar-refractivity contribution in [3.8, 4) is 0 Å². The quantitative estimate of drug-likeness (QED) is 0.754. The molecule has 2 heterocycles. The zero-order chi connectivity index (χ0) is 19.0. The molecule has 2 aliphatic rings. The van der Waals surface area contributed by atoms with Gasteiger partial charge in [-0.05, 0) is 49.8 Å². The van der Waals surface area contributed by atoms with E-state index in [1.54, 1.807) is 0 Å². The average Bonchev–Trinajstić information content (AvgIpc) is 3.02. The summed E-state index contributed by atoms with van der Waals surface area (Å²) in [6.07, 6.45) is 2.92. The molecule has 1 aromatic heterocycles. The summed E-state index contributed by atoms with van der Waals surface area (Å²) in [5.74, 6) is 3.27. The fourth-order valence-corrected chi connectivity index (χ4v) is 4.56. The number of hydrogen-bond acceptors (Lipinski definition) is 4. The van der Waals surface area contributed by atoms with Crippen molar-refractivity contribution in [2.24, 2.45) is 17.8 Å². The normalized spacial score (nSPS) is 23.7. The largest absolute Gasteiger partial charge is 0.338 e. The van der Waals surface area contributed by atoms with E-state index < -0.39 is 0 Å². The Morgan fingerprint density at radius 1 is 1.26 bits per heavy atom. The standard InChI is InChI=1S/C21H29N5O/c1-4-9-25-14-22-23-20(25)13-24(3)10-17-18-11-26(12-19(17)18)21(27)16-8-6-5-7-15(16)2/h5-8,14,17-19H,4,9-13H2,1-3H3. The topological polar surface area (TPSA) is 54.3 Å². The lowest BCUT2D eigenvalue weighted by Gasteiger charge is -2.23. The van der Waals surface area contributed by atoms with Crippen molar-refractivity contribution in [1.29, 1.82) is 0 Å². The molecule has 1 amide bonds. The second kappa shape index (κ2) is 7.43. The molecule has 1 aromatic carbocycles. The maximum atomic E-state index is 12.8. The molecule has 0 bridgehead atoms. The van der Waals surface area contributed by atoms with E-state index in [4.69, 9.17) is 0 Å². The lowest BCUT2D eigenvalue weighted by atomic mass is 10.1. The van der Waals surface area contributed by atoms with Gasteiger partial charge in [-0.15, -0.1) is 10.2 Å². The number of nitrogens with zero attached hydrogens (tertiary/aromatic N) is 5. The van der Waals surface area contributed by atoms with Crippen LogP contribution in [0.4, 0.5) is 0 Å². The second-order valence-corrected chi connectivity index (χ2v) is 8.15. The van der Waals surface area contributed by atoms with Gasteiger partial charge in [0.25, 0.3) is 5.91 Å². The number of likely N-dealkylation sites (tertiary alicyclic amines) is 1. The molecule has 1 aliphatic heterocycles. The minimum Gasteiger partial charge on any atom is -0.338 e. The third-order valence-electron chi connectivity index (χ3n) is 6.13. The summed E-state index contributed by atoms with van der Waals surface area (Å²) in [5.41, 5.74) is 1.92. The molecule has 1 aliphatic carbocycles. The average molecular weight is 367 g/mol. The predicted octanol–water partition coefficient (Wildman–Crippen LogP) is 2.45. The maximum Gasteiger partial charge on any atom is 0.254 e. The molecule has 0 N–H and O–H groups in total. The molecule has 6 heteroatoms. The number of benzene rings is 1. The highest BCUT2D eigenvalue weighted by atomic mass is 16.2. The highest BCUT2D eigenvalue weighted by Gasteiger charge is 2.56. The van der Waals surface area contributed by atoms with Gasteiger partial charge in [0.05, 0.1) is 6.54 Å². The number of rotatable bonds is 7. The summed E-state index contributed by atoms with van der Waals surface area (Å²) in [4.78, 5) is 17.2. The minimum atomic E-state index is 0.195. The van der Waals surface area contributed by atoms with Crippen molar-refractivity contribution < 1.29 is 4.79 Å². The Labute approximate surface area is 161 Å². The van der Waals surface area contributed by atoms with Crippen LogP contribution < -0.4 is 0 Å². The smallest absolute Gasteiger partial charge is 0.254 e. The molecule has 27 heavy (non-hydrogen) atoms. The van der Waals surface area contributed by atoms with Crippen LogP contribution in [0.15, 0.2) is 30.6 Å². The van der Waals surface area contributed by atoms with Gasteiger partial charge >= 0.3 is 0 Å². The van der Waals surface area contributed by atoms with Crippen molar-refractivity contribution in [2.45, 2.75) is 33.4 Å². The number of hydrogen-bond donors (Lipinski definition) is 0. The van der Waals surface area contributed by atoms with Crippen LogP contribution in [0.25, 0.3) is 0 Å². The van der Waals surface area contributed by atoms with Gasteiger partial charge in [-0.3, -0.25) is 9.69 Å². The van der Waals surface area contributed by atoms with Crippen molar-refractivity contribution in [3.05, 3.63) is 47.5 Å². The molecule has 2 fully saturated rings. The monoisotopic (exact) mass is 367 g/mol. The van der Waals surface area contributed by atoms with E-state index in [0.717, 1.165) is 56.1 Å². The number of aryl methyl sites for hydroxylation is 2. The van der Waals surface area contributed by atoms with Crippen LogP contribution in [0, 0.1) is 24.7 Å². The zero-order valence-corrected chi connectivity index (χ0v) is 16.5. The summed E-state index contributed by atoms with van der Waals surface area (Å²) in [6.45, 7) is 8.87. The van der Waals surface area contributed by atoms with Crippen LogP contribution in [-0.2, 0) is 13.1 Å². The predicted molar refractivity (Wildman–Crippen MR) is 104 cm³/mol. The highest BCUT2D eigenvalue weighted by Crippen LogP contribution is 2.52.